The fourth-order valence-electron chi connectivity index (χ4n) is 3.97. The molecular formula is C26H31NO7. The van der Waals surface area contributed by atoms with Crippen molar-refractivity contribution in [1.29, 1.82) is 0 Å². The summed E-state index contributed by atoms with van der Waals surface area (Å²) in [6.45, 7) is 4.55. The molecule has 8 nitrogen and oxygen atoms in total. The molecule has 1 atom stereocenters. The molecule has 2 aromatic carbocycles. The Kier molecular flexibility index (Phi) is 8.17. The Morgan fingerprint density at radius 1 is 1.00 bits per heavy atom. The molecule has 1 heterocycles. The van der Waals surface area contributed by atoms with Crippen LogP contribution in [0.4, 0.5) is 0 Å². The van der Waals surface area contributed by atoms with Gasteiger partial charge < -0.3 is 29.0 Å². The molecule has 1 aliphatic rings. The van der Waals surface area contributed by atoms with Gasteiger partial charge in [-0.1, -0.05) is 12.1 Å². The van der Waals surface area contributed by atoms with E-state index in [1.165, 1.54) is 26.2 Å². The third-order valence-electron chi connectivity index (χ3n) is 5.61. The van der Waals surface area contributed by atoms with Crippen LogP contribution in [-0.2, 0) is 14.3 Å². The first-order chi connectivity index (χ1) is 16.3. The van der Waals surface area contributed by atoms with Gasteiger partial charge in [0.05, 0.1) is 39.0 Å². The third-order valence-corrected chi connectivity index (χ3v) is 5.61. The SMILES string of the molecule is COc1cccc(C(O)=C2C(=O)C(=O)N(CCCOC(C)C)[C@@H]2c2cc(OC)ccc2OC)c1. The third kappa shape index (κ3) is 5.17. The first kappa shape index (κ1) is 25.1. The lowest BCUT2D eigenvalue weighted by molar-refractivity contribution is -0.140. The van der Waals surface area contributed by atoms with E-state index >= 15 is 0 Å². The van der Waals surface area contributed by atoms with Crippen molar-refractivity contribution in [3.63, 3.8) is 0 Å². The molecule has 0 radical (unpaired) electrons. The first-order valence-electron chi connectivity index (χ1n) is 11.1. The highest BCUT2D eigenvalue weighted by Gasteiger charge is 2.47. The number of aliphatic hydroxyl groups is 1. The van der Waals surface area contributed by atoms with Crippen LogP contribution in [0, 0.1) is 0 Å². The molecular weight excluding hydrogens is 438 g/mol. The van der Waals surface area contributed by atoms with Gasteiger partial charge in [-0.05, 0) is 50.6 Å². The van der Waals surface area contributed by atoms with E-state index in [1.54, 1.807) is 42.5 Å². The number of nitrogens with zero attached hydrogens (tertiary/aromatic N) is 1. The summed E-state index contributed by atoms with van der Waals surface area (Å²) >= 11 is 0. The van der Waals surface area contributed by atoms with Gasteiger partial charge in [0.25, 0.3) is 11.7 Å². The smallest absolute Gasteiger partial charge is 0.295 e. The summed E-state index contributed by atoms with van der Waals surface area (Å²) in [5, 5.41) is 11.2. The highest BCUT2D eigenvalue weighted by Crippen LogP contribution is 2.44. The van der Waals surface area contributed by atoms with Gasteiger partial charge in [0, 0.05) is 24.3 Å². The summed E-state index contributed by atoms with van der Waals surface area (Å²) < 4.78 is 21.8. The molecule has 0 spiro atoms. The molecule has 182 valence electrons. The van der Waals surface area contributed by atoms with Crippen LogP contribution in [0.3, 0.4) is 0 Å². The van der Waals surface area contributed by atoms with Crippen LogP contribution < -0.4 is 14.2 Å². The summed E-state index contributed by atoms with van der Waals surface area (Å²) in [6, 6.07) is 11.0. The monoisotopic (exact) mass is 469 g/mol. The molecule has 1 N–H and O–H groups in total. The molecule has 1 aliphatic heterocycles. The van der Waals surface area contributed by atoms with E-state index in [9.17, 15) is 14.7 Å². The summed E-state index contributed by atoms with van der Waals surface area (Å²) in [7, 11) is 4.55. The van der Waals surface area contributed by atoms with Gasteiger partial charge >= 0.3 is 0 Å². The predicted octanol–water partition coefficient (Wildman–Crippen LogP) is 3.95. The van der Waals surface area contributed by atoms with E-state index in [-0.39, 0.29) is 24.0 Å². The van der Waals surface area contributed by atoms with Crippen molar-refractivity contribution in [2.75, 3.05) is 34.5 Å². The zero-order valence-electron chi connectivity index (χ0n) is 20.2. The Balaban J connectivity index is 2.15. The molecule has 0 unspecified atom stereocenters. The Morgan fingerprint density at radius 2 is 1.71 bits per heavy atom. The van der Waals surface area contributed by atoms with Gasteiger partial charge in [-0.25, -0.2) is 0 Å². The summed E-state index contributed by atoms with van der Waals surface area (Å²) in [6.07, 6.45) is 0.574. The molecule has 0 aliphatic carbocycles. The van der Waals surface area contributed by atoms with E-state index in [1.807, 2.05) is 13.8 Å². The minimum atomic E-state index is -0.865. The maximum atomic E-state index is 13.2. The predicted molar refractivity (Wildman–Crippen MR) is 127 cm³/mol. The second-order valence-corrected chi connectivity index (χ2v) is 8.11. The van der Waals surface area contributed by atoms with Crippen molar-refractivity contribution in [2.45, 2.75) is 32.4 Å². The Labute approximate surface area is 199 Å². The van der Waals surface area contributed by atoms with Crippen LogP contribution in [0.5, 0.6) is 17.2 Å². The number of ether oxygens (including phenoxy) is 4. The second-order valence-electron chi connectivity index (χ2n) is 8.11. The van der Waals surface area contributed by atoms with Crippen molar-refractivity contribution in [3.05, 3.63) is 59.2 Å². The minimum Gasteiger partial charge on any atom is -0.507 e. The molecule has 0 saturated carbocycles. The van der Waals surface area contributed by atoms with Gasteiger partial charge in [0.15, 0.2) is 0 Å². The van der Waals surface area contributed by atoms with E-state index in [2.05, 4.69) is 0 Å². The summed E-state index contributed by atoms with van der Waals surface area (Å²) in [4.78, 5) is 27.8. The number of carbonyl (C=O) groups excluding carboxylic acids is 2. The van der Waals surface area contributed by atoms with Crippen molar-refractivity contribution < 1.29 is 33.6 Å². The maximum absolute atomic E-state index is 13.2. The average Bonchev–Trinajstić information content (AvgIpc) is 3.10. The number of carbonyl (C=O) groups is 2. The van der Waals surface area contributed by atoms with Crippen LogP contribution in [0.1, 0.15) is 37.4 Å². The van der Waals surface area contributed by atoms with Crippen molar-refractivity contribution in [1.82, 2.24) is 4.90 Å². The Hall–Kier alpha value is -3.52. The first-order valence-corrected chi connectivity index (χ1v) is 11.1. The van der Waals surface area contributed by atoms with Gasteiger partial charge in [0.2, 0.25) is 0 Å². The lowest BCUT2D eigenvalue weighted by Crippen LogP contribution is -2.31. The van der Waals surface area contributed by atoms with E-state index in [0.717, 1.165) is 0 Å². The van der Waals surface area contributed by atoms with Crippen LogP contribution in [0.25, 0.3) is 5.76 Å². The Bertz CT molecular complexity index is 1080. The number of benzene rings is 2. The highest BCUT2D eigenvalue weighted by atomic mass is 16.5. The van der Waals surface area contributed by atoms with Crippen molar-refractivity contribution in [3.8, 4) is 17.2 Å². The number of likely N-dealkylation sites (tertiary alicyclic amines) is 1. The number of hydrogen-bond donors (Lipinski definition) is 1. The number of rotatable bonds is 10. The molecule has 2 aromatic rings. The van der Waals surface area contributed by atoms with Gasteiger partial charge in [-0.3, -0.25) is 9.59 Å². The van der Waals surface area contributed by atoms with Crippen LogP contribution in [0.2, 0.25) is 0 Å². The molecule has 3 rings (SSSR count). The summed E-state index contributed by atoms with van der Waals surface area (Å²) in [5.41, 5.74) is 0.886. The molecule has 0 bridgehead atoms. The highest BCUT2D eigenvalue weighted by molar-refractivity contribution is 6.46. The lowest BCUT2D eigenvalue weighted by atomic mass is 9.94. The van der Waals surface area contributed by atoms with Crippen molar-refractivity contribution >= 4 is 17.4 Å². The normalized spacial score (nSPS) is 17.4. The molecule has 8 heteroatoms. The second kappa shape index (κ2) is 11.1. The maximum Gasteiger partial charge on any atom is 0.295 e. The number of ketones is 1. The zero-order valence-corrected chi connectivity index (χ0v) is 20.2. The number of aliphatic hydroxyl groups excluding tert-OH is 1. The van der Waals surface area contributed by atoms with Crippen LogP contribution in [-0.4, -0.2) is 62.3 Å². The van der Waals surface area contributed by atoms with Gasteiger partial charge in [-0.2, -0.15) is 0 Å². The van der Waals surface area contributed by atoms with Crippen molar-refractivity contribution in [2.24, 2.45) is 0 Å². The van der Waals surface area contributed by atoms with Gasteiger partial charge in [0.1, 0.15) is 23.0 Å². The fourth-order valence-corrected chi connectivity index (χ4v) is 3.97. The number of hydrogen-bond acceptors (Lipinski definition) is 7. The van der Waals surface area contributed by atoms with Crippen LogP contribution >= 0.6 is 0 Å². The molecule has 1 amide bonds. The van der Waals surface area contributed by atoms with E-state index < -0.39 is 17.7 Å². The number of Topliss-reactive ketones (excluding diaryl/α,β-unsaturated/α-hetero) is 1. The molecule has 34 heavy (non-hydrogen) atoms. The van der Waals surface area contributed by atoms with Crippen LogP contribution in [0.15, 0.2) is 48.0 Å². The lowest BCUT2D eigenvalue weighted by Gasteiger charge is -2.27. The average molecular weight is 470 g/mol. The Morgan fingerprint density at radius 3 is 2.35 bits per heavy atom. The molecule has 1 saturated heterocycles. The topological polar surface area (TPSA) is 94.5 Å². The minimum absolute atomic E-state index is 0.0189. The van der Waals surface area contributed by atoms with E-state index in [4.69, 9.17) is 18.9 Å². The standard InChI is InChI=1S/C26H31NO7/c1-16(2)34-13-7-12-27-23(20-15-19(32-4)10-11-21(20)33-5)22(25(29)26(27)30)24(28)17-8-6-9-18(14-17)31-3/h6,8-11,14-16,23,28H,7,12-13H2,1-5H3/t23-/m1/s1. The largest absolute Gasteiger partial charge is 0.507 e. The fraction of sp³-hybridized carbons (Fsp3) is 0.385. The summed E-state index contributed by atoms with van der Waals surface area (Å²) in [5.74, 6) is -0.227. The number of amides is 1. The quantitative estimate of drug-likeness (QED) is 0.244. The molecule has 0 aromatic heterocycles. The van der Waals surface area contributed by atoms with Gasteiger partial charge in [-0.15, -0.1) is 0 Å². The van der Waals surface area contributed by atoms with E-state index in [0.29, 0.717) is 41.4 Å². The molecule has 1 fully saturated rings. The zero-order chi connectivity index (χ0) is 24.8. The number of methoxy groups -OCH3 is 3.